The van der Waals surface area contributed by atoms with Crippen molar-refractivity contribution < 1.29 is 4.39 Å². The minimum Gasteiger partial charge on any atom is -0.323 e. The topological polar surface area (TPSA) is 84.7 Å². The Balaban J connectivity index is 1.27. The van der Waals surface area contributed by atoms with E-state index in [0.717, 1.165) is 53.8 Å². The van der Waals surface area contributed by atoms with E-state index in [1.807, 2.05) is 47.5 Å². The first kappa shape index (κ1) is 22.3. The molecule has 0 unspecified atom stereocenters. The molecule has 4 aromatic rings. The summed E-state index contributed by atoms with van der Waals surface area (Å²) in [7, 11) is 0. The molecule has 1 aliphatic heterocycles. The van der Waals surface area contributed by atoms with E-state index in [2.05, 4.69) is 44.3 Å². The van der Waals surface area contributed by atoms with Crippen LogP contribution in [0.3, 0.4) is 0 Å². The molecule has 0 saturated carbocycles. The largest absolute Gasteiger partial charge is 0.323 e. The van der Waals surface area contributed by atoms with Gasteiger partial charge in [0.15, 0.2) is 5.82 Å². The lowest BCUT2D eigenvalue weighted by molar-refractivity contribution is 0.280. The van der Waals surface area contributed by atoms with Crippen LogP contribution in [0.5, 0.6) is 0 Å². The number of fused-ring (bicyclic) bond motifs is 1. The van der Waals surface area contributed by atoms with Crippen LogP contribution >= 0.6 is 0 Å². The fraction of sp³-hybridized carbons (Fsp3) is 0.400. The third-order valence-electron chi connectivity index (χ3n) is 6.18. The van der Waals surface area contributed by atoms with Gasteiger partial charge in [-0.2, -0.15) is 10.2 Å². The number of pyridine rings is 2. The zero-order valence-corrected chi connectivity index (χ0v) is 19.5. The minimum absolute atomic E-state index is 0.371. The Morgan fingerprint density at radius 2 is 1.97 bits per heavy atom. The van der Waals surface area contributed by atoms with Crippen molar-refractivity contribution in [3.05, 3.63) is 54.6 Å². The number of likely N-dealkylation sites (tertiary alicyclic amines) is 1. The Labute approximate surface area is 198 Å². The van der Waals surface area contributed by atoms with Crippen molar-refractivity contribution in [3.8, 4) is 11.1 Å². The van der Waals surface area contributed by atoms with E-state index in [-0.39, 0.29) is 0 Å². The Bertz CT molecular complexity index is 1270. The highest BCUT2D eigenvalue weighted by Gasteiger charge is 2.20. The molecule has 8 nitrogen and oxygen atoms in total. The van der Waals surface area contributed by atoms with Gasteiger partial charge in [-0.1, -0.05) is 13.8 Å². The van der Waals surface area contributed by atoms with Gasteiger partial charge in [0.05, 0.1) is 23.4 Å². The van der Waals surface area contributed by atoms with Gasteiger partial charge in [0.25, 0.3) is 0 Å². The molecule has 0 aliphatic carbocycles. The lowest BCUT2D eigenvalue weighted by Gasteiger charge is -2.13. The molecule has 0 bridgehead atoms. The first-order valence-electron chi connectivity index (χ1n) is 11.8. The van der Waals surface area contributed by atoms with Crippen molar-refractivity contribution in [1.29, 1.82) is 0 Å². The molecule has 176 valence electrons. The fourth-order valence-electron chi connectivity index (χ4n) is 4.20. The van der Waals surface area contributed by atoms with E-state index in [0.29, 0.717) is 30.5 Å². The van der Waals surface area contributed by atoms with Gasteiger partial charge in [-0.05, 0) is 48.6 Å². The van der Waals surface area contributed by atoms with Crippen LogP contribution in [0.2, 0.25) is 0 Å². The summed E-state index contributed by atoms with van der Waals surface area (Å²) in [6.07, 6.45) is 8.45. The van der Waals surface area contributed by atoms with Crippen molar-refractivity contribution in [1.82, 2.24) is 34.8 Å². The number of alkyl halides is 1. The quantitative estimate of drug-likeness (QED) is 0.412. The highest BCUT2D eigenvalue weighted by molar-refractivity contribution is 5.81. The first-order chi connectivity index (χ1) is 16.5. The standard InChI is InChI=1S/C25H29FN8/c1-17(2)18-11-25(32-28-13-18)31-24-5-4-22-23(30-24)10-19(12-27-22)20-14-29-34(15-20)8-3-7-33-9-6-21(26)16-33/h4-5,10-15,17,21H,3,6-9,16H2,1-2H3,(H,30,31,32)/t21-/m0/s1. The molecule has 0 radical (unpaired) electrons. The predicted molar refractivity (Wildman–Crippen MR) is 131 cm³/mol. The van der Waals surface area contributed by atoms with Gasteiger partial charge >= 0.3 is 0 Å². The number of aryl methyl sites for hydroxylation is 1. The highest BCUT2D eigenvalue weighted by Crippen LogP contribution is 2.24. The molecule has 1 atom stereocenters. The second kappa shape index (κ2) is 9.80. The maximum absolute atomic E-state index is 13.3. The Morgan fingerprint density at radius 1 is 1.06 bits per heavy atom. The molecular weight excluding hydrogens is 431 g/mol. The van der Waals surface area contributed by atoms with E-state index in [4.69, 9.17) is 4.98 Å². The highest BCUT2D eigenvalue weighted by atomic mass is 19.1. The molecule has 5 heterocycles. The van der Waals surface area contributed by atoms with E-state index in [1.54, 1.807) is 6.20 Å². The number of hydrogen-bond donors (Lipinski definition) is 1. The van der Waals surface area contributed by atoms with Gasteiger partial charge in [-0.25, -0.2) is 9.37 Å². The summed E-state index contributed by atoms with van der Waals surface area (Å²) >= 11 is 0. The van der Waals surface area contributed by atoms with Crippen LogP contribution in [-0.2, 0) is 6.54 Å². The van der Waals surface area contributed by atoms with Crippen LogP contribution < -0.4 is 5.32 Å². The van der Waals surface area contributed by atoms with Crippen molar-refractivity contribution in [3.63, 3.8) is 0 Å². The molecule has 1 aliphatic rings. The summed E-state index contributed by atoms with van der Waals surface area (Å²) in [5, 5.41) is 16.0. The van der Waals surface area contributed by atoms with E-state index < -0.39 is 6.17 Å². The molecule has 0 spiro atoms. The van der Waals surface area contributed by atoms with Gasteiger partial charge in [0, 0.05) is 49.7 Å². The normalized spacial score (nSPS) is 16.5. The van der Waals surface area contributed by atoms with Gasteiger partial charge in [0.1, 0.15) is 12.0 Å². The van der Waals surface area contributed by atoms with Crippen LogP contribution in [0.4, 0.5) is 16.0 Å². The lowest BCUT2D eigenvalue weighted by atomic mass is 10.1. The predicted octanol–water partition coefficient (Wildman–Crippen LogP) is 4.58. The SMILES string of the molecule is CC(C)c1cnnc(Nc2ccc3ncc(-c4cnn(CCCN5CC[C@H](F)C5)c4)cc3n2)c1. The third-order valence-corrected chi connectivity index (χ3v) is 6.18. The molecule has 1 fully saturated rings. The number of aromatic nitrogens is 6. The second-order valence-corrected chi connectivity index (χ2v) is 9.14. The Hall–Kier alpha value is -3.46. The van der Waals surface area contributed by atoms with Crippen LogP contribution in [0.15, 0.2) is 49.1 Å². The van der Waals surface area contributed by atoms with Crippen molar-refractivity contribution in [2.75, 3.05) is 25.0 Å². The van der Waals surface area contributed by atoms with Crippen LogP contribution in [0.25, 0.3) is 22.2 Å². The first-order valence-corrected chi connectivity index (χ1v) is 11.8. The average Bonchev–Trinajstić information content (AvgIpc) is 3.48. The number of halogens is 1. The molecule has 1 N–H and O–H groups in total. The van der Waals surface area contributed by atoms with E-state index in [1.165, 1.54) is 0 Å². The molecule has 0 amide bonds. The molecular formula is C25H29FN8. The molecule has 0 aromatic carbocycles. The number of anilines is 2. The van der Waals surface area contributed by atoms with Gasteiger partial charge < -0.3 is 10.2 Å². The summed E-state index contributed by atoms with van der Waals surface area (Å²) in [4.78, 5) is 11.5. The van der Waals surface area contributed by atoms with Crippen LogP contribution in [-0.4, -0.2) is 60.7 Å². The minimum atomic E-state index is -0.667. The molecule has 1 saturated heterocycles. The van der Waals surface area contributed by atoms with Gasteiger partial charge in [-0.3, -0.25) is 9.67 Å². The van der Waals surface area contributed by atoms with Crippen molar-refractivity contribution in [2.24, 2.45) is 0 Å². The summed E-state index contributed by atoms with van der Waals surface area (Å²) < 4.78 is 15.3. The zero-order valence-electron chi connectivity index (χ0n) is 19.5. The number of rotatable bonds is 8. The summed E-state index contributed by atoms with van der Waals surface area (Å²) in [5.41, 5.74) is 4.68. The number of nitrogens with zero attached hydrogens (tertiary/aromatic N) is 7. The monoisotopic (exact) mass is 460 g/mol. The smallest absolute Gasteiger partial charge is 0.154 e. The van der Waals surface area contributed by atoms with Gasteiger partial charge in [0.2, 0.25) is 0 Å². The van der Waals surface area contributed by atoms with Crippen LogP contribution in [0.1, 0.15) is 38.2 Å². The van der Waals surface area contributed by atoms with Crippen molar-refractivity contribution >= 4 is 22.7 Å². The summed E-state index contributed by atoms with van der Waals surface area (Å²) in [5.74, 6) is 1.73. The molecule has 9 heteroatoms. The third kappa shape index (κ3) is 5.20. The summed E-state index contributed by atoms with van der Waals surface area (Å²) in [6, 6.07) is 7.85. The molecule has 5 rings (SSSR count). The Kier molecular flexibility index (Phi) is 6.44. The maximum atomic E-state index is 13.3. The van der Waals surface area contributed by atoms with E-state index in [9.17, 15) is 4.39 Å². The van der Waals surface area contributed by atoms with Gasteiger partial charge in [-0.15, -0.1) is 5.10 Å². The van der Waals surface area contributed by atoms with Crippen molar-refractivity contribution in [2.45, 2.75) is 45.3 Å². The lowest BCUT2D eigenvalue weighted by Crippen LogP contribution is -2.23. The molecule has 4 aromatic heterocycles. The van der Waals surface area contributed by atoms with E-state index >= 15 is 0 Å². The number of nitrogens with one attached hydrogen (secondary N) is 1. The maximum Gasteiger partial charge on any atom is 0.154 e. The average molecular weight is 461 g/mol. The molecule has 34 heavy (non-hydrogen) atoms. The zero-order chi connectivity index (χ0) is 23.5. The van der Waals surface area contributed by atoms with Crippen LogP contribution in [0, 0.1) is 0 Å². The Morgan fingerprint density at radius 3 is 2.79 bits per heavy atom. The second-order valence-electron chi connectivity index (χ2n) is 9.14. The number of hydrogen-bond acceptors (Lipinski definition) is 7. The fourth-order valence-corrected chi connectivity index (χ4v) is 4.20. The summed E-state index contributed by atoms with van der Waals surface area (Å²) in [6.45, 7) is 7.37.